The summed E-state index contributed by atoms with van der Waals surface area (Å²) in [4.78, 5) is 29.3. The van der Waals surface area contributed by atoms with Crippen molar-refractivity contribution in [2.45, 2.75) is 43.7 Å². The Morgan fingerprint density at radius 2 is 2.07 bits per heavy atom. The van der Waals surface area contributed by atoms with Gasteiger partial charge in [0.05, 0.1) is 32.1 Å². The summed E-state index contributed by atoms with van der Waals surface area (Å²) in [5, 5.41) is 19.1. The molecule has 2 fully saturated rings. The molecular weight excluding hydrogens is 380 g/mol. The van der Waals surface area contributed by atoms with Crippen molar-refractivity contribution >= 4 is 28.9 Å². The molecule has 1 amide bonds. The van der Waals surface area contributed by atoms with E-state index in [1.165, 1.54) is 6.20 Å². The molecule has 1 aromatic heterocycles. The predicted octanol–water partition coefficient (Wildman–Crippen LogP) is 2.58. The first kappa shape index (κ1) is 19.0. The summed E-state index contributed by atoms with van der Waals surface area (Å²) in [5.41, 5.74) is 1.88. The lowest BCUT2D eigenvalue weighted by molar-refractivity contribution is -0.117. The summed E-state index contributed by atoms with van der Waals surface area (Å²) in [5.74, 6) is -0.916. The largest absolute Gasteiger partial charge is 0.477 e. The number of benzene rings is 1. The number of aromatic carboxylic acids is 1. The molecule has 1 saturated heterocycles. The molecule has 1 atom stereocenters. The van der Waals surface area contributed by atoms with Crippen LogP contribution in [-0.4, -0.2) is 46.3 Å². The Labute approximate surface area is 166 Å². The second-order valence-corrected chi connectivity index (χ2v) is 8.50. The number of aromatic nitrogens is 1. The van der Waals surface area contributed by atoms with E-state index in [-0.39, 0.29) is 35.5 Å². The Kier molecular flexibility index (Phi) is 5.18. The fraction of sp³-hybridized carbons (Fsp3) is 0.450. The van der Waals surface area contributed by atoms with Gasteiger partial charge in [-0.1, -0.05) is 12.1 Å². The van der Waals surface area contributed by atoms with Crippen molar-refractivity contribution in [3.8, 4) is 0 Å². The van der Waals surface area contributed by atoms with Crippen LogP contribution in [0.2, 0.25) is 0 Å². The van der Waals surface area contributed by atoms with Crippen LogP contribution < -0.4 is 4.90 Å². The highest BCUT2D eigenvalue weighted by molar-refractivity contribution is 7.13. The highest BCUT2D eigenvalue weighted by Crippen LogP contribution is 2.48. The summed E-state index contributed by atoms with van der Waals surface area (Å²) in [6.07, 6.45) is 4.54. The van der Waals surface area contributed by atoms with Crippen molar-refractivity contribution in [2.75, 3.05) is 18.1 Å². The zero-order chi connectivity index (χ0) is 19.7. The number of carboxylic acid groups (broad SMARTS) is 1. The molecule has 1 aliphatic heterocycles. The van der Waals surface area contributed by atoms with Gasteiger partial charge in [0.2, 0.25) is 5.91 Å². The number of amides is 1. The summed E-state index contributed by atoms with van der Waals surface area (Å²) in [6, 6.07) is 7.85. The molecule has 0 spiro atoms. The van der Waals surface area contributed by atoms with Crippen LogP contribution in [0.15, 0.2) is 30.5 Å². The van der Waals surface area contributed by atoms with Crippen LogP contribution in [0, 0.1) is 0 Å². The lowest BCUT2D eigenvalue weighted by atomic mass is 9.97. The Morgan fingerprint density at radius 1 is 1.32 bits per heavy atom. The first-order valence-corrected chi connectivity index (χ1v) is 10.1. The van der Waals surface area contributed by atoms with Crippen LogP contribution in [0.4, 0.5) is 5.69 Å². The topological polar surface area (TPSA) is 100.0 Å². The van der Waals surface area contributed by atoms with E-state index in [0.717, 1.165) is 41.9 Å². The Morgan fingerprint density at radius 3 is 2.68 bits per heavy atom. The highest BCUT2D eigenvalue weighted by atomic mass is 32.1. The number of aliphatic hydroxyl groups is 1. The third kappa shape index (κ3) is 3.67. The predicted molar refractivity (Wildman–Crippen MR) is 104 cm³/mol. The van der Waals surface area contributed by atoms with E-state index in [1.807, 2.05) is 24.3 Å². The summed E-state index contributed by atoms with van der Waals surface area (Å²) >= 11 is 1.10. The van der Waals surface area contributed by atoms with Gasteiger partial charge >= 0.3 is 5.97 Å². The molecule has 2 aliphatic rings. The molecule has 0 bridgehead atoms. The van der Waals surface area contributed by atoms with Gasteiger partial charge in [-0.05, 0) is 37.0 Å². The van der Waals surface area contributed by atoms with E-state index in [1.54, 1.807) is 4.90 Å². The zero-order valence-corrected chi connectivity index (χ0v) is 16.2. The molecule has 1 aliphatic carbocycles. The van der Waals surface area contributed by atoms with Crippen LogP contribution in [0.5, 0.6) is 0 Å². The van der Waals surface area contributed by atoms with E-state index in [0.29, 0.717) is 18.0 Å². The maximum Gasteiger partial charge on any atom is 0.347 e. The second-order valence-electron chi connectivity index (χ2n) is 7.38. The van der Waals surface area contributed by atoms with Gasteiger partial charge in [-0.25, -0.2) is 9.78 Å². The van der Waals surface area contributed by atoms with E-state index in [4.69, 9.17) is 9.84 Å². The molecular formula is C20H22N2O5S. The van der Waals surface area contributed by atoms with Gasteiger partial charge in [-0.15, -0.1) is 11.3 Å². The fourth-order valence-corrected chi connectivity index (χ4v) is 4.37. The number of thiazole rings is 1. The minimum absolute atomic E-state index is 0.0509. The molecule has 1 saturated carbocycles. The average molecular weight is 402 g/mol. The van der Waals surface area contributed by atoms with E-state index in [2.05, 4.69) is 4.98 Å². The molecule has 2 aromatic rings. The van der Waals surface area contributed by atoms with Crippen molar-refractivity contribution in [2.24, 2.45) is 0 Å². The molecule has 28 heavy (non-hydrogen) atoms. The molecule has 8 heteroatoms. The normalized spacial score (nSPS) is 20.5. The number of ether oxygens (including phenoxy) is 1. The Bertz CT molecular complexity index is 875. The highest BCUT2D eigenvalue weighted by Gasteiger charge is 2.43. The Hall–Kier alpha value is -2.29. The third-order valence-electron chi connectivity index (χ3n) is 5.54. The lowest BCUT2D eigenvalue weighted by Crippen LogP contribution is -2.36. The minimum Gasteiger partial charge on any atom is -0.477 e. The van der Waals surface area contributed by atoms with Crippen molar-refractivity contribution < 1.29 is 24.5 Å². The number of nitrogens with zero attached hydrogens (tertiary/aromatic N) is 2. The standard InChI is InChI=1S/C20H22N2O5S/c23-12-20(7-8-20)13-1-3-14(4-2-13)22-15(5-6-18(22)24)10-27-11-17-21-9-16(28-17)19(25)26/h1-4,9,15,23H,5-8,10-12H2,(H,25,26)/t15-/m1/s1. The third-order valence-corrected chi connectivity index (χ3v) is 6.50. The van der Waals surface area contributed by atoms with Gasteiger partial charge < -0.3 is 19.8 Å². The van der Waals surface area contributed by atoms with Crippen LogP contribution >= 0.6 is 11.3 Å². The molecule has 4 rings (SSSR count). The SMILES string of the molecule is O=C(O)c1cnc(COC[C@H]2CCC(=O)N2c2ccc(C3(CO)CC3)cc2)s1. The number of hydrogen-bond acceptors (Lipinski definition) is 6. The Balaban J connectivity index is 1.38. The number of hydrogen-bond donors (Lipinski definition) is 2. The summed E-state index contributed by atoms with van der Waals surface area (Å²) < 4.78 is 5.73. The van der Waals surface area contributed by atoms with Crippen LogP contribution in [0.3, 0.4) is 0 Å². The number of aliphatic hydroxyl groups excluding tert-OH is 1. The van der Waals surface area contributed by atoms with Crippen molar-refractivity contribution in [1.82, 2.24) is 4.98 Å². The summed E-state index contributed by atoms with van der Waals surface area (Å²) in [6.45, 7) is 0.760. The molecule has 148 valence electrons. The second kappa shape index (κ2) is 7.62. The first-order chi connectivity index (χ1) is 13.5. The molecule has 7 nitrogen and oxygen atoms in total. The molecule has 1 aromatic carbocycles. The number of carbonyl (C=O) groups is 2. The molecule has 0 unspecified atom stereocenters. The maximum absolute atomic E-state index is 12.4. The van der Waals surface area contributed by atoms with E-state index >= 15 is 0 Å². The average Bonchev–Trinajstić information content (AvgIpc) is 3.20. The molecule has 2 N–H and O–H groups in total. The van der Waals surface area contributed by atoms with Gasteiger partial charge in [0.25, 0.3) is 0 Å². The van der Waals surface area contributed by atoms with Crippen LogP contribution in [-0.2, 0) is 21.6 Å². The van der Waals surface area contributed by atoms with Gasteiger partial charge in [0, 0.05) is 17.5 Å². The lowest BCUT2D eigenvalue weighted by Gasteiger charge is -2.25. The van der Waals surface area contributed by atoms with Crippen molar-refractivity contribution in [3.05, 3.63) is 45.9 Å². The quantitative estimate of drug-likeness (QED) is 0.704. The number of carbonyl (C=O) groups excluding carboxylic acids is 1. The van der Waals surface area contributed by atoms with Crippen molar-refractivity contribution in [3.63, 3.8) is 0 Å². The number of anilines is 1. The van der Waals surface area contributed by atoms with Gasteiger partial charge in [-0.3, -0.25) is 4.79 Å². The van der Waals surface area contributed by atoms with Gasteiger partial charge in [0.1, 0.15) is 9.88 Å². The smallest absolute Gasteiger partial charge is 0.347 e. The number of rotatable bonds is 8. The monoisotopic (exact) mass is 402 g/mol. The zero-order valence-electron chi connectivity index (χ0n) is 15.3. The maximum atomic E-state index is 12.4. The summed E-state index contributed by atoms with van der Waals surface area (Å²) in [7, 11) is 0. The van der Waals surface area contributed by atoms with Crippen LogP contribution in [0.25, 0.3) is 0 Å². The molecule has 2 heterocycles. The fourth-order valence-electron chi connectivity index (χ4n) is 3.68. The minimum atomic E-state index is -0.992. The van der Waals surface area contributed by atoms with Crippen LogP contribution in [0.1, 0.15) is 45.9 Å². The molecule has 0 radical (unpaired) electrons. The van der Waals surface area contributed by atoms with E-state index < -0.39 is 5.97 Å². The van der Waals surface area contributed by atoms with Crippen molar-refractivity contribution in [1.29, 1.82) is 0 Å². The van der Waals surface area contributed by atoms with Gasteiger partial charge in [0.15, 0.2) is 0 Å². The van der Waals surface area contributed by atoms with Gasteiger partial charge in [-0.2, -0.15) is 0 Å². The first-order valence-electron chi connectivity index (χ1n) is 9.32. The van der Waals surface area contributed by atoms with E-state index in [9.17, 15) is 14.7 Å². The number of carboxylic acids is 1.